The van der Waals surface area contributed by atoms with E-state index in [-0.39, 0.29) is 17.6 Å². The van der Waals surface area contributed by atoms with Crippen LogP contribution in [0.2, 0.25) is 0 Å². The van der Waals surface area contributed by atoms with Crippen molar-refractivity contribution in [3.05, 3.63) is 23.7 Å². The van der Waals surface area contributed by atoms with E-state index >= 15 is 0 Å². The molecule has 0 saturated heterocycles. The number of rotatable bonds is 6. The van der Waals surface area contributed by atoms with Crippen molar-refractivity contribution in [2.24, 2.45) is 0 Å². The summed E-state index contributed by atoms with van der Waals surface area (Å²) >= 11 is 0. The highest BCUT2D eigenvalue weighted by atomic mass is 16.5. The molecule has 0 fully saturated rings. The highest BCUT2D eigenvalue weighted by Crippen LogP contribution is 2.22. The predicted molar refractivity (Wildman–Crippen MR) is 56.3 cm³/mol. The Hall–Kier alpha value is -1.33. The van der Waals surface area contributed by atoms with Crippen molar-refractivity contribution >= 4 is 5.97 Å². The van der Waals surface area contributed by atoms with Crippen LogP contribution in [-0.2, 0) is 4.74 Å². The van der Waals surface area contributed by atoms with Gasteiger partial charge in [0.2, 0.25) is 5.76 Å². The quantitative estimate of drug-likeness (QED) is 0.776. The number of aromatic carboxylic acids is 1. The van der Waals surface area contributed by atoms with Crippen LogP contribution >= 0.6 is 0 Å². The fraction of sp³-hybridized carbons (Fsp3) is 0.545. The zero-order valence-corrected chi connectivity index (χ0v) is 9.34. The summed E-state index contributed by atoms with van der Waals surface area (Å²) in [5.74, 6) is -1.02. The van der Waals surface area contributed by atoms with Crippen molar-refractivity contribution in [3.63, 3.8) is 0 Å². The second kappa shape index (κ2) is 5.67. The lowest BCUT2D eigenvalue weighted by molar-refractivity contribution is 0.0632. The van der Waals surface area contributed by atoms with Gasteiger partial charge in [-0.25, -0.2) is 4.79 Å². The minimum absolute atomic E-state index is 0.0588. The van der Waals surface area contributed by atoms with E-state index in [4.69, 9.17) is 14.3 Å². The van der Waals surface area contributed by atoms with Crippen LogP contribution in [0.4, 0.5) is 0 Å². The predicted octanol–water partition coefficient (Wildman–Crippen LogP) is 1.83. The molecule has 16 heavy (non-hydrogen) atoms. The maximum absolute atomic E-state index is 10.6. The van der Waals surface area contributed by atoms with Gasteiger partial charge >= 0.3 is 5.97 Å². The van der Waals surface area contributed by atoms with E-state index in [9.17, 15) is 9.90 Å². The summed E-state index contributed by atoms with van der Waals surface area (Å²) in [7, 11) is 1.60. The third-order valence-electron chi connectivity index (χ3n) is 2.41. The number of carbonyl (C=O) groups is 1. The van der Waals surface area contributed by atoms with Gasteiger partial charge in [0.15, 0.2) is 0 Å². The summed E-state index contributed by atoms with van der Waals surface area (Å²) in [4.78, 5) is 10.6. The van der Waals surface area contributed by atoms with Crippen LogP contribution < -0.4 is 0 Å². The molecule has 0 amide bonds. The molecule has 0 aliphatic heterocycles. The average molecular weight is 228 g/mol. The summed E-state index contributed by atoms with van der Waals surface area (Å²) < 4.78 is 10.0. The smallest absolute Gasteiger partial charge is 0.371 e. The first-order valence-electron chi connectivity index (χ1n) is 5.08. The number of aliphatic hydroxyl groups is 1. The standard InChI is InChI=1S/C11H16O5/c1-7(15-2)3-4-8(12)9-5-6-10(16-9)11(13)14/h5-8,12H,3-4H2,1-2H3,(H,13,14). The largest absolute Gasteiger partial charge is 0.475 e. The van der Waals surface area contributed by atoms with Crippen molar-refractivity contribution in [3.8, 4) is 0 Å². The number of hydrogen-bond donors (Lipinski definition) is 2. The average Bonchev–Trinajstić information content (AvgIpc) is 2.74. The Morgan fingerprint density at radius 1 is 1.50 bits per heavy atom. The zero-order valence-electron chi connectivity index (χ0n) is 9.34. The lowest BCUT2D eigenvalue weighted by Gasteiger charge is -2.11. The maximum Gasteiger partial charge on any atom is 0.371 e. The molecule has 2 atom stereocenters. The van der Waals surface area contributed by atoms with Crippen molar-refractivity contribution < 1.29 is 24.2 Å². The van der Waals surface area contributed by atoms with Crippen LogP contribution in [0.25, 0.3) is 0 Å². The molecule has 0 aliphatic rings. The lowest BCUT2D eigenvalue weighted by atomic mass is 10.1. The van der Waals surface area contributed by atoms with Crippen LogP contribution in [-0.4, -0.2) is 29.4 Å². The molecule has 1 rings (SSSR count). The summed E-state index contributed by atoms with van der Waals surface area (Å²) in [5, 5.41) is 18.4. The van der Waals surface area contributed by atoms with Crippen molar-refractivity contribution in [2.45, 2.75) is 32.0 Å². The molecule has 1 aromatic heterocycles. The van der Waals surface area contributed by atoms with Gasteiger partial charge in [-0.15, -0.1) is 0 Å². The first kappa shape index (κ1) is 12.7. The van der Waals surface area contributed by atoms with E-state index in [1.807, 2.05) is 6.92 Å². The molecule has 2 unspecified atom stereocenters. The normalized spacial score (nSPS) is 14.7. The summed E-state index contributed by atoms with van der Waals surface area (Å²) in [6, 6.07) is 2.81. The monoisotopic (exact) mass is 228 g/mol. The number of carboxylic acids is 1. The Balaban J connectivity index is 2.52. The van der Waals surface area contributed by atoms with E-state index in [1.165, 1.54) is 12.1 Å². The van der Waals surface area contributed by atoms with Gasteiger partial charge in [-0.1, -0.05) is 0 Å². The Labute approximate surface area is 93.6 Å². The molecular weight excluding hydrogens is 212 g/mol. The van der Waals surface area contributed by atoms with Crippen LogP contribution in [0.15, 0.2) is 16.5 Å². The lowest BCUT2D eigenvalue weighted by Crippen LogP contribution is -2.07. The molecule has 0 bridgehead atoms. The SMILES string of the molecule is COC(C)CCC(O)c1ccc(C(=O)O)o1. The Morgan fingerprint density at radius 3 is 2.69 bits per heavy atom. The van der Waals surface area contributed by atoms with Gasteiger partial charge < -0.3 is 19.4 Å². The maximum atomic E-state index is 10.6. The van der Waals surface area contributed by atoms with Crippen molar-refractivity contribution in [2.75, 3.05) is 7.11 Å². The topological polar surface area (TPSA) is 79.9 Å². The van der Waals surface area contributed by atoms with Gasteiger partial charge in [0.1, 0.15) is 11.9 Å². The third-order valence-corrected chi connectivity index (χ3v) is 2.41. The van der Waals surface area contributed by atoms with E-state index in [2.05, 4.69) is 0 Å². The van der Waals surface area contributed by atoms with Crippen LogP contribution in [0, 0.1) is 0 Å². The van der Waals surface area contributed by atoms with Gasteiger partial charge in [0.05, 0.1) is 6.10 Å². The van der Waals surface area contributed by atoms with Gasteiger partial charge in [0, 0.05) is 7.11 Å². The molecule has 0 saturated carbocycles. The molecule has 1 aromatic rings. The highest BCUT2D eigenvalue weighted by molar-refractivity contribution is 5.84. The van der Waals surface area contributed by atoms with Crippen LogP contribution in [0.1, 0.15) is 42.2 Å². The fourth-order valence-electron chi connectivity index (χ4n) is 1.30. The van der Waals surface area contributed by atoms with Crippen molar-refractivity contribution in [1.82, 2.24) is 0 Å². The van der Waals surface area contributed by atoms with Gasteiger partial charge in [-0.2, -0.15) is 0 Å². The zero-order chi connectivity index (χ0) is 12.1. The molecule has 0 spiro atoms. The van der Waals surface area contributed by atoms with Gasteiger partial charge in [-0.05, 0) is 31.9 Å². The van der Waals surface area contributed by atoms with Crippen LogP contribution in [0.3, 0.4) is 0 Å². The molecule has 0 aromatic carbocycles. The minimum Gasteiger partial charge on any atom is -0.475 e. The number of aliphatic hydroxyl groups excluding tert-OH is 1. The molecule has 5 nitrogen and oxygen atoms in total. The summed E-state index contributed by atoms with van der Waals surface area (Å²) in [5.41, 5.74) is 0. The molecule has 0 radical (unpaired) electrons. The highest BCUT2D eigenvalue weighted by Gasteiger charge is 2.16. The second-order valence-electron chi connectivity index (χ2n) is 3.65. The van der Waals surface area contributed by atoms with E-state index in [0.29, 0.717) is 12.8 Å². The van der Waals surface area contributed by atoms with Gasteiger partial charge in [0.25, 0.3) is 0 Å². The first-order valence-corrected chi connectivity index (χ1v) is 5.08. The van der Waals surface area contributed by atoms with E-state index < -0.39 is 12.1 Å². The number of ether oxygens (including phenoxy) is 1. The van der Waals surface area contributed by atoms with Crippen LogP contribution in [0.5, 0.6) is 0 Å². The number of methoxy groups -OCH3 is 1. The Morgan fingerprint density at radius 2 is 2.19 bits per heavy atom. The van der Waals surface area contributed by atoms with E-state index in [1.54, 1.807) is 7.11 Å². The Kier molecular flexibility index (Phi) is 4.52. The number of furan rings is 1. The summed E-state index contributed by atoms with van der Waals surface area (Å²) in [6.45, 7) is 1.90. The number of hydrogen-bond acceptors (Lipinski definition) is 4. The van der Waals surface area contributed by atoms with Crippen molar-refractivity contribution in [1.29, 1.82) is 0 Å². The fourth-order valence-corrected chi connectivity index (χ4v) is 1.30. The third kappa shape index (κ3) is 3.36. The minimum atomic E-state index is -1.14. The van der Waals surface area contributed by atoms with Gasteiger partial charge in [-0.3, -0.25) is 0 Å². The molecular formula is C11H16O5. The molecule has 2 N–H and O–H groups in total. The second-order valence-corrected chi connectivity index (χ2v) is 3.65. The summed E-state index contributed by atoms with van der Waals surface area (Å²) in [6.07, 6.45) is 0.428. The molecule has 5 heteroatoms. The van der Waals surface area contributed by atoms with E-state index in [0.717, 1.165) is 0 Å². The molecule has 90 valence electrons. The number of carboxylic acid groups (broad SMARTS) is 1. The molecule has 0 aliphatic carbocycles. The molecule has 1 heterocycles. The Bertz CT molecular complexity index is 344. The first-order chi connectivity index (χ1) is 7.54.